The normalized spacial score (nSPS) is 11.6. The number of carbonyl (C=O) groups excluding carboxylic acids is 1. The van der Waals surface area contributed by atoms with Crippen LogP contribution in [0.15, 0.2) is 60.8 Å². The monoisotopic (exact) mass is 487 g/mol. The summed E-state index contributed by atoms with van der Waals surface area (Å²) >= 11 is 0. The van der Waals surface area contributed by atoms with Crippen LogP contribution in [0.4, 0.5) is 13.2 Å². The van der Waals surface area contributed by atoms with Crippen molar-refractivity contribution >= 4 is 16.9 Å². The predicted molar refractivity (Wildman–Crippen MR) is 123 cm³/mol. The molecule has 0 spiro atoms. The quantitative estimate of drug-likeness (QED) is 0.307. The summed E-state index contributed by atoms with van der Waals surface area (Å²) in [7, 11) is 1.80. The lowest BCUT2D eigenvalue weighted by atomic mass is 10.1. The fraction of sp³-hybridized carbons (Fsp3) is 0.280. The molecule has 0 amide bonds. The van der Waals surface area contributed by atoms with Gasteiger partial charge < -0.3 is 18.8 Å². The maximum Gasteiger partial charge on any atom is 0.573 e. The molecule has 0 aliphatic heterocycles. The Kier molecular flexibility index (Phi) is 6.99. The number of hydrogen-bond donors (Lipinski definition) is 0. The zero-order valence-electron chi connectivity index (χ0n) is 19.2. The largest absolute Gasteiger partial charge is 0.573 e. The molecule has 35 heavy (non-hydrogen) atoms. The standard InChI is InChI=1S/C25H24F3N3O4/c1-3-33-24(32)16-31-12-10-18-6-9-21(15-23(18)31)34-13-11-19-14-22(29-30(19)2)17-4-7-20(8-5-17)35-25(26,27)28/h4-10,12,14-15H,3,11,13,16H2,1-2H3. The highest BCUT2D eigenvalue weighted by Gasteiger charge is 2.31. The smallest absolute Gasteiger partial charge is 0.493 e. The molecular formula is C25H24F3N3O4. The van der Waals surface area contributed by atoms with Gasteiger partial charge in [-0.1, -0.05) is 0 Å². The van der Waals surface area contributed by atoms with Gasteiger partial charge >= 0.3 is 12.3 Å². The van der Waals surface area contributed by atoms with Gasteiger partial charge in [0.25, 0.3) is 0 Å². The number of aromatic nitrogens is 3. The summed E-state index contributed by atoms with van der Waals surface area (Å²) in [6.07, 6.45) is -2.32. The van der Waals surface area contributed by atoms with Gasteiger partial charge in [-0.05, 0) is 60.8 Å². The Bertz CT molecular complexity index is 1310. The SMILES string of the molecule is CCOC(=O)Cn1ccc2ccc(OCCc3cc(-c4ccc(OC(F)(F)F)cc4)nn3C)cc21. The van der Waals surface area contributed by atoms with E-state index in [9.17, 15) is 18.0 Å². The molecule has 0 radical (unpaired) electrons. The number of fused-ring (bicyclic) bond motifs is 1. The highest BCUT2D eigenvalue weighted by Crippen LogP contribution is 2.27. The van der Waals surface area contributed by atoms with Gasteiger partial charge in [0.2, 0.25) is 0 Å². The summed E-state index contributed by atoms with van der Waals surface area (Å²) in [6.45, 7) is 2.62. The molecule has 184 valence electrons. The Hall–Kier alpha value is -3.95. The maximum atomic E-state index is 12.4. The van der Waals surface area contributed by atoms with E-state index in [-0.39, 0.29) is 18.3 Å². The van der Waals surface area contributed by atoms with Crippen LogP contribution in [0.2, 0.25) is 0 Å². The minimum atomic E-state index is -4.73. The van der Waals surface area contributed by atoms with Crippen molar-refractivity contribution in [2.75, 3.05) is 13.2 Å². The van der Waals surface area contributed by atoms with Gasteiger partial charge in [0, 0.05) is 37.0 Å². The first kappa shape index (κ1) is 24.2. The Labute approximate surface area is 199 Å². The Balaban J connectivity index is 1.38. The number of alkyl halides is 3. The van der Waals surface area contributed by atoms with Crippen LogP contribution in [0.3, 0.4) is 0 Å². The lowest BCUT2D eigenvalue weighted by Gasteiger charge is -2.09. The second kappa shape index (κ2) is 10.1. The summed E-state index contributed by atoms with van der Waals surface area (Å²) < 4.78 is 55.5. The first-order valence-electron chi connectivity index (χ1n) is 11.0. The molecule has 10 heteroatoms. The molecule has 4 aromatic rings. The van der Waals surface area contributed by atoms with Gasteiger partial charge in [-0.3, -0.25) is 9.48 Å². The van der Waals surface area contributed by atoms with E-state index in [1.807, 2.05) is 41.1 Å². The van der Waals surface area contributed by atoms with Crippen molar-refractivity contribution in [3.63, 3.8) is 0 Å². The number of rotatable bonds is 9. The zero-order chi connectivity index (χ0) is 25.0. The van der Waals surface area contributed by atoms with Gasteiger partial charge in [0.15, 0.2) is 0 Å². The second-order valence-corrected chi connectivity index (χ2v) is 7.78. The number of hydrogen-bond acceptors (Lipinski definition) is 5. The number of ether oxygens (including phenoxy) is 3. The Morgan fingerprint density at radius 2 is 1.77 bits per heavy atom. The van der Waals surface area contributed by atoms with Crippen LogP contribution in [-0.2, 0) is 29.5 Å². The van der Waals surface area contributed by atoms with Crippen LogP contribution in [0.5, 0.6) is 11.5 Å². The molecule has 2 heterocycles. The number of benzene rings is 2. The van der Waals surface area contributed by atoms with Crippen molar-refractivity contribution in [3.8, 4) is 22.8 Å². The Morgan fingerprint density at radius 1 is 1.03 bits per heavy atom. The van der Waals surface area contributed by atoms with E-state index < -0.39 is 6.36 Å². The van der Waals surface area contributed by atoms with E-state index in [1.54, 1.807) is 18.7 Å². The van der Waals surface area contributed by atoms with Crippen LogP contribution < -0.4 is 9.47 Å². The molecule has 0 aliphatic carbocycles. The molecule has 0 N–H and O–H groups in total. The predicted octanol–water partition coefficient (Wildman–Crippen LogP) is 5.13. The van der Waals surface area contributed by atoms with Gasteiger partial charge in [-0.25, -0.2) is 0 Å². The molecule has 0 bridgehead atoms. The number of carbonyl (C=O) groups is 1. The van der Waals surface area contributed by atoms with Gasteiger partial charge in [0.1, 0.15) is 18.0 Å². The molecule has 0 saturated carbocycles. The zero-order valence-corrected chi connectivity index (χ0v) is 19.2. The molecule has 2 aromatic heterocycles. The van der Waals surface area contributed by atoms with Crippen LogP contribution in [0.1, 0.15) is 12.6 Å². The van der Waals surface area contributed by atoms with Crippen molar-refractivity contribution in [1.82, 2.24) is 14.3 Å². The third-order valence-electron chi connectivity index (χ3n) is 5.34. The molecule has 4 rings (SSSR count). The number of nitrogens with zero attached hydrogens (tertiary/aromatic N) is 3. The molecule has 0 unspecified atom stereocenters. The maximum absolute atomic E-state index is 12.4. The van der Waals surface area contributed by atoms with Crippen LogP contribution in [0.25, 0.3) is 22.2 Å². The van der Waals surface area contributed by atoms with E-state index in [4.69, 9.17) is 9.47 Å². The average Bonchev–Trinajstić information content (AvgIpc) is 3.36. The Morgan fingerprint density at radius 3 is 2.49 bits per heavy atom. The minimum Gasteiger partial charge on any atom is -0.493 e. The minimum absolute atomic E-state index is 0.127. The molecular weight excluding hydrogens is 463 g/mol. The van der Waals surface area contributed by atoms with Gasteiger partial charge in [-0.15, -0.1) is 13.2 Å². The van der Waals surface area contributed by atoms with Crippen LogP contribution >= 0.6 is 0 Å². The fourth-order valence-corrected chi connectivity index (χ4v) is 3.72. The van der Waals surface area contributed by atoms with Crippen molar-refractivity contribution in [2.24, 2.45) is 7.05 Å². The van der Waals surface area contributed by atoms with Crippen molar-refractivity contribution in [3.05, 3.63) is 66.5 Å². The fourth-order valence-electron chi connectivity index (χ4n) is 3.72. The first-order valence-corrected chi connectivity index (χ1v) is 11.0. The molecule has 0 saturated heterocycles. The molecule has 0 atom stereocenters. The molecule has 7 nitrogen and oxygen atoms in total. The van der Waals surface area contributed by atoms with Crippen molar-refractivity contribution in [1.29, 1.82) is 0 Å². The lowest BCUT2D eigenvalue weighted by molar-refractivity contribution is -0.274. The highest BCUT2D eigenvalue weighted by atomic mass is 19.4. The molecule has 0 aliphatic rings. The summed E-state index contributed by atoms with van der Waals surface area (Å²) in [5.74, 6) is 0.0889. The van der Waals surface area contributed by atoms with E-state index in [0.29, 0.717) is 36.6 Å². The summed E-state index contributed by atoms with van der Waals surface area (Å²) in [5, 5.41) is 5.44. The van der Waals surface area contributed by atoms with E-state index in [1.165, 1.54) is 24.3 Å². The lowest BCUT2D eigenvalue weighted by Crippen LogP contribution is -2.16. The third kappa shape index (κ3) is 6.14. The van der Waals surface area contributed by atoms with E-state index >= 15 is 0 Å². The number of esters is 1. The van der Waals surface area contributed by atoms with Crippen LogP contribution in [-0.4, -0.2) is 39.9 Å². The van der Waals surface area contributed by atoms with Gasteiger partial charge in [-0.2, -0.15) is 5.10 Å². The topological polar surface area (TPSA) is 67.5 Å². The van der Waals surface area contributed by atoms with Crippen molar-refractivity contribution < 1.29 is 32.2 Å². The molecule has 2 aromatic carbocycles. The van der Waals surface area contributed by atoms with Gasteiger partial charge in [0.05, 0.1) is 24.4 Å². The van der Waals surface area contributed by atoms with Crippen molar-refractivity contribution in [2.45, 2.75) is 26.3 Å². The summed E-state index contributed by atoms with van der Waals surface area (Å²) in [4.78, 5) is 11.8. The molecule has 0 fully saturated rings. The van der Waals surface area contributed by atoms with E-state index in [2.05, 4.69) is 9.84 Å². The second-order valence-electron chi connectivity index (χ2n) is 7.78. The van der Waals surface area contributed by atoms with E-state index in [0.717, 1.165) is 16.6 Å². The van der Waals surface area contributed by atoms with Crippen LogP contribution in [0, 0.1) is 0 Å². The summed E-state index contributed by atoms with van der Waals surface area (Å²) in [6, 6.07) is 15.1. The third-order valence-corrected chi connectivity index (χ3v) is 5.34. The number of aryl methyl sites for hydroxylation is 1. The first-order chi connectivity index (χ1) is 16.7. The summed E-state index contributed by atoms with van der Waals surface area (Å²) in [5.41, 5.74) is 3.09. The number of halogens is 3. The average molecular weight is 487 g/mol. The highest BCUT2D eigenvalue weighted by molar-refractivity contribution is 5.83.